The number of carbonyl (C=O) groups excluding carboxylic acids is 1. The van der Waals surface area contributed by atoms with Crippen LogP contribution in [0.4, 0.5) is 13.2 Å². The molecule has 0 bridgehead atoms. The molecule has 0 aliphatic heterocycles. The molecule has 0 heterocycles. The third-order valence-corrected chi connectivity index (χ3v) is 4.31. The number of nitrogens with one attached hydrogen (secondary N) is 1. The van der Waals surface area contributed by atoms with Crippen LogP contribution in [0.3, 0.4) is 0 Å². The molecule has 0 aromatic carbocycles. The van der Waals surface area contributed by atoms with Gasteiger partial charge in [-0.05, 0) is 34.1 Å². The molecular weight excluding hydrogens is 307 g/mol. The quantitative estimate of drug-likeness (QED) is 0.730. The minimum Gasteiger partial charge on any atom is -0.466 e. The van der Waals surface area contributed by atoms with E-state index in [4.69, 9.17) is 4.74 Å². The molecule has 8 heteroatoms. The maximum absolute atomic E-state index is 13.2. The second kappa shape index (κ2) is 8.12. The third-order valence-electron chi connectivity index (χ3n) is 2.73. The van der Waals surface area contributed by atoms with Crippen LogP contribution in [0.15, 0.2) is 0 Å². The largest absolute Gasteiger partial charge is 0.466 e. The van der Waals surface area contributed by atoms with Crippen molar-refractivity contribution in [2.24, 2.45) is 5.92 Å². The molecule has 1 N–H and O–H groups in total. The molecular formula is C13H24F3NO3S. The molecule has 0 aliphatic rings. The van der Waals surface area contributed by atoms with E-state index in [0.717, 1.165) is 0 Å². The number of alkyl halides is 3. The molecule has 3 atom stereocenters. The smallest absolute Gasteiger partial charge is 0.405 e. The Kier molecular flexibility index (Phi) is 7.88. The fourth-order valence-electron chi connectivity index (χ4n) is 1.65. The molecule has 0 rings (SSSR count). The predicted octanol–water partition coefficient (Wildman–Crippen LogP) is 2.95. The number of hydrogen-bond acceptors (Lipinski definition) is 3. The molecule has 0 fully saturated rings. The van der Waals surface area contributed by atoms with Crippen LogP contribution in [0.1, 0.15) is 47.5 Å². The molecule has 4 nitrogen and oxygen atoms in total. The highest BCUT2D eigenvalue weighted by atomic mass is 32.2. The lowest BCUT2D eigenvalue weighted by Crippen LogP contribution is -2.53. The zero-order valence-electron chi connectivity index (χ0n) is 13.0. The summed E-state index contributed by atoms with van der Waals surface area (Å²) in [7, 11) is -1.94. The normalized spacial score (nSPS) is 17.1. The monoisotopic (exact) mass is 331 g/mol. The van der Waals surface area contributed by atoms with Crippen molar-refractivity contribution in [2.45, 2.75) is 64.4 Å². The van der Waals surface area contributed by atoms with E-state index in [1.54, 1.807) is 27.7 Å². The Bertz CT molecular complexity index is 367. The van der Waals surface area contributed by atoms with Gasteiger partial charge in [-0.1, -0.05) is 13.3 Å². The van der Waals surface area contributed by atoms with Gasteiger partial charge in [0.25, 0.3) is 0 Å². The Morgan fingerprint density at radius 1 is 1.24 bits per heavy atom. The van der Waals surface area contributed by atoms with Crippen LogP contribution in [0.5, 0.6) is 0 Å². The van der Waals surface area contributed by atoms with E-state index in [1.807, 2.05) is 0 Å². The maximum Gasteiger partial charge on any atom is 0.405 e. The van der Waals surface area contributed by atoms with Crippen molar-refractivity contribution in [2.75, 3.05) is 6.61 Å². The van der Waals surface area contributed by atoms with Crippen molar-refractivity contribution in [3.8, 4) is 0 Å². The van der Waals surface area contributed by atoms with Gasteiger partial charge in [-0.2, -0.15) is 13.2 Å². The van der Waals surface area contributed by atoms with E-state index in [9.17, 15) is 22.2 Å². The Balaban J connectivity index is 5.35. The van der Waals surface area contributed by atoms with Crippen molar-refractivity contribution < 1.29 is 26.9 Å². The van der Waals surface area contributed by atoms with Gasteiger partial charge in [0.2, 0.25) is 0 Å². The zero-order chi connectivity index (χ0) is 16.8. The molecule has 0 aromatic heterocycles. The summed E-state index contributed by atoms with van der Waals surface area (Å²) in [6, 6.07) is -2.18. The standard InChI is InChI=1S/C13H24F3NO3S/c1-6-8-9(11(18)20-7-2)10(13(14,15)16)17-21(19)12(3,4)5/h9-10,17H,6-8H2,1-5H3/t9-,10-,21-/m0/s1. The van der Waals surface area contributed by atoms with Gasteiger partial charge < -0.3 is 4.74 Å². The summed E-state index contributed by atoms with van der Waals surface area (Å²) in [5, 5.41) is 0. The van der Waals surface area contributed by atoms with Crippen LogP contribution in [0.2, 0.25) is 0 Å². The molecule has 0 saturated carbocycles. The van der Waals surface area contributed by atoms with Gasteiger partial charge in [0.1, 0.15) is 6.04 Å². The number of halogens is 3. The maximum atomic E-state index is 13.2. The first-order valence-electron chi connectivity index (χ1n) is 6.86. The minimum atomic E-state index is -4.69. The van der Waals surface area contributed by atoms with Gasteiger partial charge in [-0.15, -0.1) is 0 Å². The van der Waals surface area contributed by atoms with Crippen LogP contribution >= 0.6 is 0 Å². The first kappa shape index (κ1) is 20.4. The van der Waals surface area contributed by atoms with E-state index in [2.05, 4.69) is 4.72 Å². The number of carbonyl (C=O) groups is 1. The Hall–Kier alpha value is -0.630. The number of esters is 1. The van der Waals surface area contributed by atoms with Crippen molar-refractivity contribution >= 4 is 17.0 Å². The SMILES string of the molecule is CCC[C@H](C(=O)OCC)[C@H](N[S@@](=O)C(C)(C)C)C(F)(F)F. The highest BCUT2D eigenvalue weighted by Crippen LogP contribution is 2.30. The van der Waals surface area contributed by atoms with E-state index in [-0.39, 0.29) is 13.0 Å². The van der Waals surface area contributed by atoms with E-state index < -0.39 is 39.8 Å². The van der Waals surface area contributed by atoms with Crippen molar-refractivity contribution in [1.29, 1.82) is 0 Å². The molecule has 126 valence electrons. The molecule has 0 unspecified atom stereocenters. The van der Waals surface area contributed by atoms with Crippen LogP contribution in [0, 0.1) is 5.92 Å². The second-order valence-corrected chi connectivity index (χ2v) is 7.66. The molecule has 0 radical (unpaired) electrons. The molecule has 0 aliphatic carbocycles. The van der Waals surface area contributed by atoms with E-state index in [0.29, 0.717) is 6.42 Å². The minimum absolute atomic E-state index is 0.00594. The molecule has 0 spiro atoms. The highest BCUT2D eigenvalue weighted by Gasteiger charge is 2.49. The predicted molar refractivity (Wildman–Crippen MR) is 75.9 cm³/mol. The van der Waals surface area contributed by atoms with Crippen LogP contribution in [-0.4, -0.2) is 33.8 Å². The summed E-state index contributed by atoms with van der Waals surface area (Å²) in [6.45, 7) is 7.89. The first-order chi connectivity index (χ1) is 9.45. The number of rotatable bonds is 7. The average Bonchev–Trinajstić information content (AvgIpc) is 2.30. The molecule has 0 saturated heterocycles. The Morgan fingerprint density at radius 2 is 1.76 bits per heavy atom. The van der Waals surface area contributed by atoms with Gasteiger partial charge in [0.05, 0.1) is 28.3 Å². The zero-order valence-corrected chi connectivity index (χ0v) is 13.9. The summed E-state index contributed by atoms with van der Waals surface area (Å²) in [5.41, 5.74) is 0. The lowest BCUT2D eigenvalue weighted by atomic mass is 9.95. The van der Waals surface area contributed by atoms with E-state index >= 15 is 0 Å². The van der Waals surface area contributed by atoms with Crippen LogP contribution in [-0.2, 0) is 20.5 Å². The van der Waals surface area contributed by atoms with Crippen molar-refractivity contribution in [3.63, 3.8) is 0 Å². The molecule has 21 heavy (non-hydrogen) atoms. The van der Waals surface area contributed by atoms with Crippen LogP contribution in [0.25, 0.3) is 0 Å². The van der Waals surface area contributed by atoms with Gasteiger partial charge in [0, 0.05) is 0 Å². The van der Waals surface area contributed by atoms with Gasteiger partial charge in [0.15, 0.2) is 0 Å². The van der Waals surface area contributed by atoms with Gasteiger partial charge in [-0.3, -0.25) is 4.79 Å². The number of hydrogen-bond donors (Lipinski definition) is 1. The van der Waals surface area contributed by atoms with Crippen molar-refractivity contribution in [1.82, 2.24) is 4.72 Å². The first-order valence-corrected chi connectivity index (χ1v) is 8.01. The van der Waals surface area contributed by atoms with Crippen molar-refractivity contribution in [3.05, 3.63) is 0 Å². The summed E-state index contributed by atoms with van der Waals surface area (Å²) in [5.74, 6) is -2.32. The Labute approximate surface area is 126 Å². The summed E-state index contributed by atoms with van der Waals surface area (Å²) in [6.07, 6.45) is -4.29. The van der Waals surface area contributed by atoms with Gasteiger partial charge >= 0.3 is 12.1 Å². The lowest BCUT2D eigenvalue weighted by molar-refractivity contribution is -0.179. The second-order valence-electron chi connectivity index (χ2n) is 5.67. The lowest BCUT2D eigenvalue weighted by Gasteiger charge is -2.30. The third kappa shape index (κ3) is 6.78. The Morgan fingerprint density at radius 3 is 2.10 bits per heavy atom. The fraction of sp³-hybridized carbons (Fsp3) is 0.923. The molecule has 0 aromatic rings. The molecule has 0 amide bonds. The topological polar surface area (TPSA) is 55.4 Å². The summed E-state index contributed by atoms with van der Waals surface area (Å²) < 4.78 is 57.6. The average molecular weight is 331 g/mol. The van der Waals surface area contributed by atoms with Gasteiger partial charge in [-0.25, -0.2) is 8.93 Å². The number of ether oxygens (including phenoxy) is 1. The summed E-state index contributed by atoms with van der Waals surface area (Å²) >= 11 is 0. The van der Waals surface area contributed by atoms with E-state index in [1.165, 1.54) is 6.92 Å². The fourth-order valence-corrected chi connectivity index (χ4v) is 2.53. The highest BCUT2D eigenvalue weighted by molar-refractivity contribution is 7.84. The van der Waals surface area contributed by atoms with Crippen LogP contribution < -0.4 is 4.72 Å². The summed E-state index contributed by atoms with van der Waals surface area (Å²) in [4.78, 5) is 11.8.